The third-order valence-electron chi connectivity index (χ3n) is 10.5. The van der Waals surface area contributed by atoms with Crippen molar-refractivity contribution in [3.63, 3.8) is 0 Å². The SMILES string of the molecule is COC(=O)N[C@H](C(=O)N1CCC[C@H]1c1ncc(-c2ccc(Oc3ccc(OC)c(-c4cnc([C@@H]5CCCN5C(=O)[C@@H](NC(=O)OC)C(C)C)[nH]4)c3)cc2)[nH]1)C(C)C. The van der Waals surface area contributed by atoms with Gasteiger partial charge in [-0.3, -0.25) is 9.59 Å². The van der Waals surface area contributed by atoms with Crippen LogP contribution in [-0.4, -0.2) is 100 Å². The van der Waals surface area contributed by atoms with Gasteiger partial charge in [-0.15, -0.1) is 0 Å². The average Bonchev–Trinajstić information content (AvgIpc) is 4.05. The van der Waals surface area contributed by atoms with Gasteiger partial charge in [0.15, 0.2) is 0 Å². The molecule has 57 heavy (non-hydrogen) atoms. The van der Waals surface area contributed by atoms with Gasteiger partial charge in [0.25, 0.3) is 0 Å². The van der Waals surface area contributed by atoms with E-state index in [-0.39, 0.29) is 35.7 Å². The third kappa shape index (κ3) is 9.00. The Morgan fingerprint density at radius 3 is 1.68 bits per heavy atom. The van der Waals surface area contributed by atoms with Crippen molar-refractivity contribution in [2.45, 2.75) is 77.5 Å². The standard InChI is InChI=1S/C41H52N8O8/c1-23(2)34(46-40(52)55-6)38(50)48-18-8-10-31(48)36-42-21-29(44-36)25-12-14-26(15-13-25)57-27-16-17-33(54-5)28(20-27)30-22-43-37(45-30)32-11-9-19-49(32)39(51)35(24(3)4)47-41(53)56-7/h12-17,20-24,31-32,34-35H,8-11,18-19H2,1-7H3,(H,42,44)(H,43,45)(H,46,52)(H,47,53)/t31-,32-,34-,35-/m0/s1. The number of nitrogens with zero attached hydrogens (tertiary/aromatic N) is 4. The first kappa shape index (κ1) is 40.6. The van der Waals surface area contributed by atoms with E-state index in [0.29, 0.717) is 47.7 Å². The van der Waals surface area contributed by atoms with E-state index in [0.717, 1.165) is 42.5 Å². The number of aromatic amines is 2. The van der Waals surface area contributed by atoms with Crippen LogP contribution in [0.3, 0.4) is 0 Å². The van der Waals surface area contributed by atoms with Crippen molar-refractivity contribution in [2.24, 2.45) is 11.8 Å². The highest BCUT2D eigenvalue weighted by Gasteiger charge is 2.39. The summed E-state index contributed by atoms with van der Waals surface area (Å²) in [5.41, 5.74) is 3.13. The van der Waals surface area contributed by atoms with Crippen LogP contribution < -0.4 is 20.1 Å². The minimum Gasteiger partial charge on any atom is -0.496 e. The fourth-order valence-electron chi connectivity index (χ4n) is 7.48. The normalized spacial score (nSPS) is 17.7. The second kappa shape index (κ2) is 17.8. The average molecular weight is 785 g/mol. The molecule has 16 nitrogen and oxygen atoms in total. The molecule has 4 amide bonds. The molecule has 2 saturated heterocycles. The second-order valence-corrected chi connectivity index (χ2v) is 14.9. The fourth-order valence-corrected chi connectivity index (χ4v) is 7.48. The summed E-state index contributed by atoms with van der Waals surface area (Å²) in [6, 6.07) is 11.2. The lowest BCUT2D eigenvalue weighted by atomic mass is 10.0. The zero-order chi connectivity index (χ0) is 40.8. The topological polar surface area (TPSA) is 193 Å². The summed E-state index contributed by atoms with van der Waals surface area (Å²) in [5.74, 6) is 2.54. The van der Waals surface area contributed by atoms with Gasteiger partial charge >= 0.3 is 12.2 Å². The number of benzene rings is 2. The van der Waals surface area contributed by atoms with Crippen LogP contribution in [0.2, 0.25) is 0 Å². The smallest absolute Gasteiger partial charge is 0.407 e. The molecule has 0 bridgehead atoms. The summed E-state index contributed by atoms with van der Waals surface area (Å²) in [5, 5.41) is 5.37. The van der Waals surface area contributed by atoms with Crippen molar-refractivity contribution in [1.29, 1.82) is 0 Å². The number of methoxy groups -OCH3 is 3. The third-order valence-corrected chi connectivity index (χ3v) is 10.5. The Bertz CT molecular complexity index is 2040. The van der Waals surface area contributed by atoms with Crippen LogP contribution >= 0.6 is 0 Å². The van der Waals surface area contributed by atoms with Gasteiger partial charge in [0.1, 0.15) is 41.0 Å². The molecule has 4 heterocycles. The molecule has 2 aromatic carbocycles. The zero-order valence-electron chi connectivity index (χ0n) is 33.5. The Hall–Kier alpha value is -6.06. The highest BCUT2D eigenvalue weighted by molar-refractivity contribution is 5.87. The lowest BCUT2D eigenvalue weighted by Gasteiger charge is -2.30. The second-order valence-electron chi connectivity index (χ2n) is 14.9. The molecule has 0 aliphatic carbocycles. The molecule has 2 aliphatic heterocycles. The number of hydrogen-bond donors (Lipinski definition) is 4. The van der Waals surface area contributed by atoms with Crippen LogP contribution in [0, 0.1) is 11.8 Å². The maximum atomic E-state index is 13.6. The first-order chi connectivity index (χ1) is 27.4. The molecular formula is C41H52N8O8. The molecule has 0 unspecified atom stereocenters. The van der Waals surface area contributed by atoms with Gasteiger partial charge in [-0.1, -0.05) is 27.7 Å². The molecule has 4 N–H and O–H groups in total. The van der Waals surface area contributed by atoms with Gasteiger partial charge in [0, 0.05) is 18.7 Å². The van der Waals surface area contributed by atoms with Crippen molar-refractivity contribution in [2.75, 3.05) is 34.4 Å². The van der Waals surface area contributed by atoms with Crippen molar-refractivity contribution < 1.29 is 38.1 Å². The van der Waals surface area contributed by atoms with Gasteiger partial charge in [-0.25, -0.2) is 19.6 Å². The van der Waals surface area contributed by atoms with E-state index < -0.39 is 24.3 Å². The summed E-state index contributed by atoms with van der Waals surface area (Å²) >= 11 is 0. The Morgan fingerprint density at radius 2 is 1.19 bits per heavy atom. The fraction of sp³-hybridized carbons (Fsp3) is 0.463. The number of amides is 4. The van der Waals surface area contributed by atoms with Gasteiger partial charge in [-0.2, -0.15) is 0 Å². The predicted octanol–water partition coefficient (Wildman–Crippen LogP) is 6.36. The van der Waals surface area contributed by atoms with Gasteiger partial charge < -0.3 is 49.3 Å². The molecule has 4 aromatic rings. The highest BCUT2D eigenvalue weighted by atomic mass is 16.5. The quantitative estimate of drug-likeness (QED) is 0.119. The summed E-state index contributed by atoms with van der Waals surface area (Å²) in [7, 11) is 4.15. The molecule has 304 valence electrons. The van der Waals surface area contributed by atoms with Crippen LogP contribution in [0.4, 0.5) is 9.59 Å². The Balaban J connectivity index is 1.14. The van der Waals surface area contributed by atoms with Crippen LogP contribution in [0.1, 0.15) is 77.1 Å². The van der Waals surface area contributed by atoms with Crippen LogP contribution in [0.5, 0.6) is 17.2 Å². The van der Waals surface area contributed by atoms with Gasteiger partial charge in [-0.05, 0) is 85.5 Å². The first-order valence-electron chi connectivity index (χ1n) is 19.3. The van der Waals surface area contributed by atoms with Gasteiger partial charge in [0.05, 0.1) is 57.2 Å². The number of alkyl carbamates (subject to hydrolysis) is 2. The van der Waals surface area contributed by atoms with Crippen LogP contribution in [0.25, 0.3) is 22.5 Å². The van der Waals surface area contributed by atoms with Crippen molar-refractivity contribution in [3.8, 4) is 39.8 Å². The van der Waals surface area contributed by atoms with Crippen molar-refractivity contribution in [1.82, 2.24) is 40.4 Å². The van der Waals surface area contributed by atoms with E-state index in [4.69, 9.17) is 18.9 Å². The minimum absolute atomic E-state index is 0.122. The van der Waals surface area contributed by atoms with Crippen LogP contribution in [0.15, 0.2) is 54.9 Å². The Labute approximate surface area is 332 Å². The summed E-state index contributed by atoms with van der Waals surface area (Å²) in [4.78, 5) is 70.8. The molecular weight excluding hydrogens is 732 g/mol. The number of rotatable bonds is 13. The van der Waals surface area contributed by atoms with Gasteiger partial charge in [0.2, 0.25) is 11.8 Å². The predicted molar refractivity (Wildman–Crippen MR) is 210 cm³/mol. The number of hydrogen-bond acceptors (Lipinski definition) is 10. The van der Waals surface area contributed by atoms with E-state index in [1.54, 1.807) is 29.3 Å². The van der Waals surface area contributed by atoms with E-state index >= 15 is 0 Å². The van der Waals surface area contributed by atoms with E-state index in [1.807, 2.05) is 70.2 Å². The summed E-state index contributed by atoms with van der Waals surface area (Å²) in [6.45, 7) is 8.66. The number of imidazole rings is 2. The summed E-state index contributed by atoms with van der Waals surface area (Å²) < 4.78 is 21.5. The lowest BCUT2D eigenvalue weighted by Crippen LogP contribution is -2.51. The Morgan fingerprint density at radius 1 is 0.702 bits per heavy atom. The number of likely N-dealkylation sites (tertiary alicyclic amines) is 2. The highest BCUT2D eigenvalue weighted by Crippen LogP contribution is 2.38. The molecule has 2 fully saturated rings. The molecule has 6 rings (SSSR count). The van der Waals surface area contributed by atoms with E-state index in [9.17, 15) is 19.2 Å². The zero-order valence-corrected chi connectivity index (χ0v) is 33.5. The number of ether oxygens (including phenoxy) is 4. The summed E-state index contributed by atoms with van der Waals surface area (Å²) in [6.07, 6.45) is 5.31. The lowest BCUT2D eigenvalue weighted by molar-refractivity contribution is -0.136. The van der Waals surface area contributed by atoms with Crippen LogP contribution in [-0.2, 0) is 19.1 Å². The Kier molecular flexibility index (Phi) is 12.7. The maximum Gasteiger partial charge on any atom is 0.407 e. The van der Waals surface area contributed by atoms with Crippen molar-refractivity contribution in [3.05, 3.63) is 66.5 Å². The molecule has 0 spiro atoms. The number of H-pyrrole nitrogens is 2. The molecule has 4 atom stereocenters. The molecule has 2 aromatic heterocycles. The molecule has 16 heteroatoms. The number of nitrogens with one attached hydrogen (secondary N) is 4. The first-order valence-corrected chi connectivity index (χ1v) is 19.3. The molecule has 0 radical (unpaired) electrons. The maximum absolute atomic E-state index is 13.6. The van der Waals surface area contributed by atoms with Crippen molar-refractivity contribution >= 4 is 24.0 Å². The number of carbonyl (C=O) groups excluding carboxylic acids is 4. The molecule has 0 saturated carbocycles. The molecule has 2 aliphatic rings. The number of carbonyl (C=O) groups is 4. The minimum atomic E-state index is -0.727. The van der Waals surface area contributed by atoms with E-state index in [2.05, 4.69) is 30.6 Å². The number of aromatic nitrogens is 4. The monoisotopic (exact) mass is 784 g/mol. The largest absolute Gasteiger partial charge is 0.496 e. The van der Waals surface area contributed by atoms with E-state index in [1.165, 1.54) is 14.2 Å².